The number of hydrogen-bond donors (Lipinski definition) is 0. The first-order chi connectivity index (χ1) is 20.4. The van der Waals surface area contributed by atoms with Gasteiger partial charge in [-0.05, 0) is 50.1 Å². The lowest BCUT2D eigenvalue weighted by molar-refractivity contribution is -0.142. The van der Waals surface area contributed by atoms with Crippen LogP contribution in [0.3, 0.4) is 0 Å². The molecule has 218 valence electrons. The number of ether oxygens (including phenoxy) is 1. The van der Waals surface area contributed by atoms with Crippen molar-refractivity contribution in [3.63, 3.8) is 0 Å². The van der Waals surface area contributed by atoms with E-state index in [1.165, 1.54) is 11.8 Å². The van der Waals surface area contributed by atoms with Crippen LogP contribution in [0, 0.1) is 6.92 Å². The summed E-state index contributed by atoms with van der Waals surface area (Å²) >= 11 is 1.37. The molecule has 4 aromatic rings. The third-order valence-electron chi connectivity index (χ3n) is 7.77. The number of carbonyl (C=O) groups excluding carboxylic acids is 2. The Balaban J connectivity index is 1.28. The number of aryl methyl sites for hydroxylation is 1. The van der Waals surface area contributed by atoms with Gasteiger partial charge in [-0.15, -0.1) is 10.2 Å². The lowest BCUT2D eigenvalue weighted by Crippen LogP contribution is -2.56. The summed E-state index contributed by atoms with van der Waals surface area (Å²) < 4.78 is 7.33. The maximum absolute atomic E-state index is 13.5. The molecule has 0 saturated carbocycles. The van der Waals surface area contributed by atoms with E-state index in [0.29, 0.717) is 30.6 Å². The number of benzene rings is 3. The molecule has 0 bridgehead atoms. The molecule has 1 fully saturated rings. The average molecular weight is 584 g/mol. The maximum Gasteiger partial charge on any atom is 0.233 e. The number of nitrogens with zero attached hydrogens (tertiary/aromatic N) is 5. The van der Waals surface area contributed by atoms with Crippen LogP contribution >= 0.6 is 11.8 Å². The molecule has 1 aliphatic heterocycles. The van der Waals surface area contributed by atoms with Crippen LogP contribution in [0.25, 0.3) is 17.1 Å². The van der Waals surface area contributed by atoms with Crippen molar-refractivity contribution in [3.8, 4) is 22.8 Å². The predicted octanol–water partition coefficient (Wildman–Crippen LogP) is 5.60. The molecule has 2 unspecified atom stereocenters. The molecule has 0 spiro atoms. The van der Waals surface area contributed by atoms with E-state index < -0.39 is 0 Å². The van der Waals surface area contributed by atoms with Crippen molar-refractivity contribution in [2.24, 2.45) is 0 Å². The second kappa shape index (κ2) is 13.2. The largest absolute Gasteiger partial charge is 0.497 e. The second-order valence-corrected chi connectivity index (χ2v) is 11.5. The average Bonchev–Trinajstić information content (AvgIpc) is 3.45. The van der Waals surface area contributed by atoms with Crippen LogP contribution in [-0.2, 0) is 9.59 Å². The van der Waals surface area contributed by atoms with Gasteiger partial charge in [0.25, 0.3) is 0 Å². The number of thioether (sulfide) groups is 1. The highest BCUT2D eigenvalue weighted by Gasteiger charge is 2.33. The number of rotatable bonds is 9. The summed E-state index contributed by atoms with van der Waals surface area (Å²) in [6.07, 6.45) is 0.741. The van der Waals surface area contributed by atoms with Crippen molar-refractivity contribution in [1.82, 2.24) is 24.6 Å². The summed E-state index contributed by atoms with van der Waals surface area (Å²) in [7, 11) is 1.64. The normalized spacial score (nSPS) is 15.9. The van der Waals surface area contributed by atoms with Crippen molar-refractivity contribution in [1.29, 1.82) is 0 Å². The Kier molecular flexibility index (Phi) is 9.27. The zero-order valence-electron chi connectivity index (χ0n) is 24.6. The molecule has 2 amide bonds. The molecular formula is C33H37N5O3S. The molecule has 0 radical (unpaired) electrons. The number of amides is 2. The molecule has 1 aromatic heterocycles. The summed E-state index contributed by atoms with van der Waals surface area (Å²) in [5.41, 5.74) is 4.03. The van der Waals surface area contributed by atoms with E-state index in [4.69, 9.17) is 4.74 Å². The molecule has 9 heteroatoms. The summed E-state index contributed by atoms with van der Waals surface area (Å²) in [5, 5.41) is 9.63. The van der Waals surface area contributed by atoms with Crippen molar-refractivity contribution < 1.29 is 14.3 Å². The van der Waals surface area contributed by atoms with Gasteiger partial charge >= 0.3 is 0 Å². The Labute approximate surface area is 251 Å². The Bertz CT molecular complexity index is 1510. The zero-order chi connectivity index (χ0) is 29.6. The van der Waals surface area contributed by atoms with E-state index in [1.807, 2.05) is 114 Å². The van der Waals surface area contributed by atoms with Gasteiger partial charge in [-0.1, -0.05) is 78.8 Å². The van der Waals surface area contributed by atoms with Gasteiger partial charge in [-0.3, -0.25) is 14.2 Å². The van der Waals surface area contributed by atoms with Crippen molar-refractivity contribution in [2.45, 2.75) is 44.3 Å². The van der Waals surface area contributed by atoms with E-state index in [2.05, 4.69) is 10.2 Å². The summed E-state index contributed by atoms with van der Waals surface area (Å²) in [5.74, 6) is 1.68. The molecule has 0 aliphatic carbocycles. The van der Waals surface area contributed by atoms with Gasteiger partial charge in [0.1, 0.15) is 5.75 Å². The lowest BCUT2D eigenvalue weighted by Gasteiger charge is -2.41. The number of carbonyl (C=O) groups is 2. The fraction of sp³-hybridized carbons (Fsp3) is 0.333. The van der Waals surface area contributed by atoms with Crippen LogP contribution in [-0.4, -0.2) is 74.9 Å². The summed E-state index contributed by atoms with van der Waals surface area (Å²) in [4.78, 5) is 30.6. The Morgan fingerprint density at radius 3 is 2.33 bits per heavy atom. The van der Waals surface area contributed by atoms with Gasteiger partial charge < -0.3 is 14.5 Å². The molecule has 1 saturated heterocycles. The number of hydrogen-bond acceptors (Lipinski definition) is 6. The highest BCUT2D eigenvalue weighted by atomic mass is 32.2. The lowest BCUT2D eigenvalue weighted by atomic mass is 9.94. The Morgan fingerprint density at radius 1 is 0.976 bits per heavy atom. The second-order valence-electron chi connectivity index (χ2n) is 10.6. The number of piperazine rings is 1. The Hall–Kier alpha value is -4.11. The van der Waals surface area contributed by atoms with Gasteiger partial charge in [-0.2, -0.15) is 0 Å². The van der Waals surface area contributed by atoms with Crippen LogP contribution in [0.5, 0.6) is 5.75 Å². The van der Waals surface area contributed by atoms with E-state index in [0.717, 1.165) is 34.5 Å². The van der Waals surface area contributed by atoms with E-state index >= 15 is 0 Å². The quantitative estimate of drug-likeness (QED) is 0.239. The topological polar surface area (TPSA) is 80.6 Å². The molecular weight excluding hydrogens is 546 g/mol. The fourth-order valence-corrected chi connectivity index (χ4v) is 6.24. The van der Waals surface area contributed by atoms with Crippen LogP contribution in [0.1, 0.15) is 37.3 Å². The number of methoxy groups -OCH3 is 1. The van der Waals surface area contributed by atoms with Gasteiger partial charge in [0.2, 0.25) is 11.8 Å². The fourth-order valence-electron chi connectivity index (χ4n) is 5.38. The van der Waals surface area contributed by atoms with Crippen LogP contribution in [0.15, 0.2) is 84.0 Å². The van der Waals surface area contributed by atoms with Gasteiger partial charge in [0, 0.05) is 36.9 Å². The maximum atomic E-state index is 13.5. The van der Waals surface area contributed by atoms with Crippen molar-refractivity contribution in [2.75, 3.05) is 32.5 Å². The first-order valence-corrected chi connectivity index (χ1v) is 15.3. The minimum absolute atomic E-state index is 0.0233. The van der Waals surface area contributed by atoms with Crippen molar-refractivity contribution in [3.05, 3.63) is 90.0 Å². The predicted molar refractivity (Wildman–Crippen MR) is 166 cm³/mol. The highest BCUT2D eigenvalue weighted by Crippen LogP contribution is 2.30. The van der Waals surface area contributed by atoms with Crippen LogP contribution in [0.4, 0.5) is 0 Å². The van der Waals surface area contributed by atoms with E-state index in [9.17, 15) is 9.59 Å². The molecule has 42 heavy (non-hydrogen) atoms. The van der Waals surface area contributed by atoms with Crippen LogP contribution in [0.2, 0.25) is 0 Å². The third kappa shape index (κ3) is 6.36. The van der Waals surface area contributed by atoms with Crippen molar-refractivity contribution >= 4 is 23.6 Å². The summed E-state index contributed by atoms with van der Waals surface area (Å²) in [6.45, 7) is 7.67. The molecule has 8 nitrogen and oxygen atoms in total. The van der Waals surface area contributed by atoms with Gasteiger partial charge in [0.15, 0.2) is 11.0 Å². The molecule has 5 rings (SSSR count). The molecule has 2 heterocycles. The molecule has 3 aromatic carbocycles. The van der Waals surface area contributed by atoms with Gasteiger partial charge in [-0.25, -0.2) is 0 Å². The first kappa shape index (κ1) is 29.4. The summed E-state index contributed by atoms with van der Waals surface area (Å²) in [6, 6.07) is 25.8. The third-order valence-corrected chi connectivity index (χ3v) is 8.68. The molecule has 2 atom stereocenters. The van der Waals surface area contributed by atoms with E-state index in [-0.39, 0.29) is 29.5 Å². The monoisotopic (exact) mass is 583 g/mol. The Morgan fingerprint density at radius 2 is 1.69 bits per heavy atom. The molecule has 1 aliphatic rings. The smallest absolute Gasteiger partial charge is 0.233 e. The highest BCUT2D eigenvalue weighted by molar-refractivity contribution is 7.99. The SMILES string of the molecule is CCC(C(=O)N1CCN(C(=O)CSc2nnc(-c3ccc(C)cc3)n2-c2ccc(OC)cc2)CC1C)c1ccccc1. The van der Waals surface area contributed by atoms with Crippen LogP contribution < -0.4 is 4.74 Å². The standard InChI is InChI=1S/C33H37N5O3S/c1-5-29(25-9-7-6-8-10-25)32(40)37-20-19-36(21-24(37)3)30(39)22-42-33-35-34-31(26-13-11-23(2)12-14-26)38(33)27-15-17-28(41-4)18-16-27/h6-18,24,29H,5,19-22H2,1-4H3. The zero-order valence-corrected chi connectivity index (χ0v) is 25.4. The number of aromatic nitrogens is 3. The van der Waals surface area contributed by atoms with E-state index in [1.54, 1.807) is 7.11 Å². The minimum Gasteiger partial charge on any atom is -0.497 e. The first-order valence-electron chi connectivity index (χ1n) is 14.3. The van der Waals surface area contributed by atoms with Gasteiger partial charge in [0.05, 0.1) is 18.8 Å². The minimum atomic E-state index is -0.168. The molecule has 0 N–H and O–H groups in total.